The number of carbonyl (C=O) groups excluding carboxylic acids is 2. The lowest BCUT2D eigenvalue weighted by atomic mass is 10.1. The maximum atomic E-state index is 12.8. The molecule has 0 aliphatic heterocycles. The van der Waals surface area contributed by atoms with Gasteiger partial charge in [0.2, 0.25) is 0 Å². The minimum absolute atomic E-state index is 0.327. The Morgan fingerprint density at radius 1 is 1.27 bits per heavy atom. The number of esters is 1. The minimum atomic E-state index is -0.452. The van der Waals surface area contributed by atoms with Crippen molar-refractivity contribution in [3.8, 4) is 5.69 Å². The summed E-state index contributed by atoms with van der Waals surface area (Å²) >= 11 is 0. The zero-order valence-corrected chi connectivity index (χ0v) is 14.9. The van der Waals surface area contributed by atoms with Crippen LogP contribution in [0.4, 0.5) is 5.69 Å². The van der Waals surface area contributed by atoms with Crippen LogP contribution in [0.2, 0.25) is 0 Å². The van der Waals surface area contributed by atoms with Gasteiger partial charge < -0.3 is 15.0 Å². The van der Waals surface area contributed by atoms with E-state index >= 15 is 0 Å². The molecule has 2 aromatic heterocycles. The van der Waals surface area contributed by atoms with Crippen LogP contribution < -0.4 is 5.32 Å². The number of hydrogen-bond donors (Lipinski definition) is 2. The van der Waals surface area contributed by atoms with Gasteiger partial charge in [0.1, 0.15) is 5.69 Å². The van der Waals surface area contributed by atoms with Crippen LogP contribution >= 0.6 is 0 Å². The molecule has 26 heavy (non-hydrogen) atoms. The van der Waals surface area contributed by atoms with Crippen molar-refractivity contribution in [1.29, 1.82) is 0 Å². The van der Waals surface area contributed by atoms with E-state index in [1.807, 2.05) is 31.2 Å². The zero-order chi connectivity index (χ0) is 18.7. The molecule has 7 heteroatoms. The molecule has 0 aliphatic carbocycles. The fourth-order valence-electron chi connectivity index (χ4n) is 2.90. The van der Waals surface area contributed by atoms with Crippen molar-refractivity contribution in [2.45, 2.75) is 20.3 Å². The van der Waals surface area contributed by atoms with Gasteiger partial charge in [0.25, 0.3) is 5.91 Å². The SMILES string of the molecule is CCc1[nH]c(C(=O)Nc2ccccc2-n2cccn2)c(C)c1C(=O)OC. The number of amides is 1. The minimum Gasteiger partial charge on any atom is -0.465 e. The molecule has 7 nitrogen and oxygen atoms in total. The number of para-hydroxylation sites is 2. The van der Waals surface area contributed by atoms with E-state index in [-0.39, 0.29) is 5.91 Å². The van der Waals surface area contributed by atoms with Gasteiger partial charge in [0, 0.05) is 18.1 Å². The second-order valence-electron chi connectivity index (χ2n) is 5.75. The summed E-state index contributed by atoms with van der Waals surface area (Å²) in [5.41, 5.74) is 3.38. The third-order valence-electron chi connectivity index (χ3n) is 4.20. The Bertz CT molecular complexity index is 942. The summed E-state index contributed by atoms with van der Waals surface area (Å²) in [4.78, 5) is 27.9. The predicted molar refractivity (Wildman–Crippen MR) is 97.8 cm³/mol. The third kappa shape index (κ3) is 3.11. The molecule has 2 N–H and O–H groups in total. The van der Waals surface area contributed by atoms with E-state index in [0.717, 1.165) is 5.69 Å². The molecule has 0 saturated carbocycles. The van der Waals surface area contributed by atoms with Crippen LogP contribution in [0.1, 0.15) is 39.0 Å². The smallest absolute Gasteiger partial charge is 0.339 e. The van der Waals surface area contributed by atoms with E-state index in [0.29, 0.717) is 34.6 Å². The first-order chi connectivity index (χ1) is 12.6. The van der Waals surface area contributed by atoms with Gasteiger partial charge in [0.15, 0.2) is 0 Å². The monoisotopic (exact) mass is 352 g/mol. The molecule has 0 saturated heterocycles. The van der Waals surface area contributed by atoms with Crippen LogP contribution in [0.3, 0.4) is 0 Å². The van der Waals surface area contributed by atoms with Crippen molar-refractivity contribution in [2.75, 3.05) is 12.4 Å². The normalized spacial score (nSPS) is 10.6. The Kier molecular flexibility index (Phi) is 4.88. The summed E-state index contributed by atoms with van der Waals surface area (Å²) in [6.07, 6.45) is 4.06. The quantitative estimate of drug-likeness (QED) is 0.691. The Balaban J connectivity index is 1.95. The molecule has 0 radical (unpaired) electrons. The van der Waals surface area contributed by atoms with Gasteiger partial charge in [0.05, 0.1) is 24.0 Å². The van der Waals surface area contributed by atoms with Crippen LogP contribution in [0.5, 0.6) is 0 Å². The summed E-state index contributed by atoms with van der Waals surface area (Å²) in [5.74, 6) is -0.779. The highest BCUT2D eigenvalue weighted by molar-refractivity contribution is 6.07. The van der Waals surface area contributed by atoms with Gasteiger partial charge in [-0.2, -0.15) is 5.10 Å². The number of aryl methyl sites for hydroxylation is 1. The van der Waals surface area contributed by atoms with Crippen LogP contribution in [0.15, 0.2) is 42.7 Å². The molecular formula is C19H20N4O3. The van der Waals surface area contributed by atoms with E-state index in [9.17, 15) is 9.59 Å². The number of H-pyrrole nitrogens is 1. The van der Waals surface area contributed by atoms with Gasteiger partial charge in [-0.15, -0.1) is 0 Å². The number of nitrogens with one attached hydrogen (secondary N) is 2. The number of nitrogens with zero attached hydrogens (tertiary/aromatic N) is 2. The van der Waals surface area contributed by atoms with Crippen LogP contribution in [0, 0.1) is 6.92 Å². The highest BCUT2D eigenvalue weighted by atomic mass is 16.5. The Morgan fingerprint density at radius 2 is 2.04 bits per heavy atom. The first-order valence-corrected chi connectivity index (χ1v) is 8.27. The fraction of sp³-hybridized carbons (Fsp3) is 0.211. The molecule has 1 amide bonds. The Hall–Kier alpha value is -3.35. The third-order valence-corrected chi connectivity index (χ3v) is 4.20. The number of hydrogen-bond acceptors (Lipinski definition) is 4. The zero-order valence-electron chi connectivity index (χ0n) is 14.9. The summed E-state index contributed by atoms with van der Waals surface area (Å²) < 4.78 is 6.51. The second kappa shape index (κ2) is 7.26. The van der Waals surface area contributed by atoms with E-state index in [1.165, 1.54) is 7.11 Å². The van der Waals surface area contributed by atoms with Gasteiger partial charge in [-0.05, 0) is 37.1 Å². The summed E-state index contributed by atoms with van der Waals surface area (Å²) in [6.45, 7) is 3.64. The van der Waals surface area contributed by atoms with Gasteiger partial charge in [-0.25, -0.2) is 9.48 Å². The van der Waals surface area contributed by atoms with Crippen LogP contribution in [0.25, 0.3) is 5.69 Å². The molecule has 0 aliphatic rings. The molecule has 0 unspecified atom stereocenters. The molecule has 3 rings (SSSR count). The summed E-state index contributed by atoms with van der Waals surface area (Å²) in [7, 11) is 1.33. The lowest BCUT2D eigenvalue weighted by Gasteiger charge is -2.11. The van der Waals surface area contributed by atoms with E-state index in [4.69, 9.17) is 4.74 Å². The van der Waals surface area contributed by atoms with Crippen LogP contribution in [-0.2, 0) is 11.2 Å². The van der Waals surface area contributed by atoms with Crippen molar-refractivity contribution in [3.05, 3.63) is 65.2 Å². The highest BCUT2D eigenvalue weighted by Crippen LogP contribution is 2.23. The Morgan fingerprint density at radius 3 is 2.69 bits per heavy atom. The first kappa shape index (κ1) is 17.5. The Labute approximate surface area is 151 Å². The standard InChI is InChI=1S/C19H20N4O3/c1-4-13-16(19(25)26-3)12(2)17(21-13)18(24)22-14-8-5-6-9-15(14)23-11-7-10-20-23/h5-11,21H,4H2,1-3H3,(H,22,24). The molecular weight excluding hydrogens is 332 g/mol. The lowest BCUT2D eigenvalue weighted by molar-refractivity contribution is 0.0599. The predicted octanol–water partition coefficient (Wildman–Crippen LogP) is 3.11. The molecule has 0 bridgehead atoms. The highest BCUT2D eigenvalue weighted by Gasteiger charge is 2.24. The number of benzene rings is 1. The maximum Gasteiger partial charge on any atom is 0.339 e. The van der Waals surface area contributed by atoms with Crippen molar-refractivity contribution in [3.63, 3.8) is 0 Å². The van der Waals surface area contributed by atoms with E-state index < -0.39 is 5.97 Å². The lowest BCUT2D eigenvalue weighted by Crippen LogP contribution is -2.16. The maximum absolute atomic E-state index is 12.8. The number of methoxy groups -OCH3 is 1. The molecule has 1 aromatic carbocycles. The van der Waals surface area contributed by atoms with Gasteiger partial charge >= 0.3 is 5.97 Å². The second-order valence-corrected chi connectivity index (χ2v) is 5.75. The summed E-state index contributed by atoms with van der Waals surface area (Å²) in [6, 6.07) is 9.18. The average molecular weight is 352 g/mol. The molecule has 3 aromatic rings. The van der Waals surface area contributed by atoms with Crippen LogP contribution in [-0.4, -0.2) is 33.8 Å². The fourth-order valence-corrected chi connectivity index (χ4v) is 2.90. The molecule has 2 heterocycles. The van der Waals surface area contributed by atoms with Gasteiger partial charge in [-0.1, -0.05) is 19.1 Å². The van der Waals surface area contributed by atoms with Crippen molar-refractivity contribution >= 4 is 17.6 Å². The number of aromatic nitrogens is 3. The number of carbonyl (C=O) groups is 2. The number of ether oxygens (including phenoxy) is 1. The largest absolute Gasteiger partial charge is 0.465 e. The summed E-state index contributed by atoms with van der Waals surface area (Å²) in [5, 5.41) is 7.10. The van der Waals surface area contributed by atoms with Crippen molar-refractivity contribution in [2.24, 2.45) is 0 Å². The average Bonchev–Trinajstić information content (AvgIpc) is 3.29. The van der Waals surface area contributed by atoms with Crippen molar-refractivity contribution in [1.82, 2.24) is 14.8 Å². The topological polar surface area (TPSA) is 89.0 Å². The number of rotatable bonds is 5. The molecule has 0 atom stereocenters. The number of anilines is 1. The van der Waals surface area contributed by atoms with Crippen molar-refractivity contribution < 1.29 is 14.3 Å². The molecule has 0 spiro atoms. The molecule has 134 valence electrons. The van der Waals surface area contributed by atoms with E-state index in [1.54, 1.807) is 30.1 Å². The van der Waals surface area contributed by atoms with Gasteiger partial charge in [-0.3, -0.25) is 4.79 Å². The first-order valence-electron chi connectivity index (χ1n) is 8.27. The van der Waals surface area contributed by atoms with E-state index in [2.05, 4.69) is 15.4 Å². The number of aromatic amines is 1. The molecule has 0 fully saturated rings.